The molecule has 4 aromatic rings. The van der Waals surface area contributed by atoms with Gasteiger partial charge in [-0.2, -0.15) is 0 Å². The summed E-state index contributed by atoms with van der Waals surface area (Å²) in [6.45, 7) is 9.16. The standard InChI is InChI=1S/C44H54N4O2/c1-9-11-13-15-27-43(3)45(5)33-21-17-19-29-31(23-25-35(37(29)33)47(43)7)39-41(49)40(42(39)50)32-24-26-36-38-30(32)20-18-22-34(38)46(6)44(4,48(36)8)28-16-14-12-10-2/h17-26H,9-16,27-28H2,1-8H3. The molecule has 0 fully saturated rings. The fraction of sp³-hybridized carbons (Fsp3) is 0.455. The number of ketones is 1. The third-order valence-electron chi connectivity index (χ3n) is 12.8. The summed E-state index contributed by atoms with van der Waals surface area (Å²) in [5.41, 5.74) is 4.44. The van der Waals surface area contributed by atoms with Crippen LogP contribution < -0.4 is 35.0 Å². The first-order valence-corrected chi connectivity index (χ1v) is 18.9. The van der Waals surface area contributed by atoms with E-state index in [-0.39, 0.29) is 22.9 Å². The van der Waals surface area contributed by atoms with Gasteiger partial charge in [0, 0.05) is 68.5 Å². The summed E-state index contributed by atoms with van der Waals surface area (Å²) < 4.78 is 2.39. The van der Waals surface area contributed by atoms with E-state index in [1.807, 2.05) is 12.1 Å². The van der Waals surface area contributed by atoms with Crippen molar-refractivity contribution in [3.05, 3.63) is 82.6 Å². The number of allylic oxidation sites excluding steroid dienone is 2. The van der Waals surface area contributed by atoms with Crippen molar-refractivity contribution in [1.82, 2.24) is 4.58 Å². The Morgan fingerprint density at radius 3 is 1.90 bits per heavy atom. The molecule has 6 heteroatoms. The molecule has 0 amide bonds. The van der Waals surface area contributed by atoms with E-state index in [1.54, 1.807) is 0 Å². The van der Waals surface area contributed by atoms with Crippen LogP contribution in [0.4, 0.5) is 17.1 Å². The monoisotopic (exact) mass is 670 g/mol. The summed E-state index contributed by atoms with van der Waals surface area (Å²) in [4.78, 5) is 21.4. The van der Waals surface area contributed by atoms with Crippen LogP contribution in [-0.2, 0) is 4.79 Å². The summed E-state index contributed by atoms with van der Waals surface area (Å²) >= 11 is 0. The molecule has 0 aromatic heterocycles. The van der Waals surface area contributed by atoms with E-state index in [0.29, 0.717) is 11.1 Å². The number of benzene rings is 4. The Bertz CT molecular complexity index is 2170. The van der Waals surface area contributed by atoms with Crippen LogP contribution in [0.2, 0.25) is 0 Å². The molecule has 2 atom stereocenters. The molecule has 0 spiro atoms. The highest BCUT2D eigenvalue weighted by Gasteiger charge is 2.43. The molecule has 262 valence electrons. The van der Waals surface area contributed by atoms with Crippen LogP contribution >= 0.6 is 0 Å². The second-order valence-electron chi connectivity index (χ2n) is 15.4. The number of hydrogen-bond acceptors (Lipinski definition) is 5. The third-order valence-corrected chi connectivity index (χ3v) is 12.8. The maximum Gasteiger partial charge on any atom is 0.235 e. The van der Waals surface area contributed by atoms with Crippen LogP contribution in [0.3, 0.4) is 0 Å². The van der Waals surface area contributed by atoms with Crippen molar-refractivity contribution in [2.45, 2.75) is 103 Å². The fourth-order valence-electron chi connectivity index (χ4n) is 9.11. The molecule has 0 N–H and O–H groups in total. The highest BCUT2D eigenvalue weighted by atomic mass is 16.3. The lowest BCUT2D eigenvalue weighted by Crippen LogP contribution is -2.60. The number of carbonyl (C=O) groups is 1. The zero-order valence-corrected chi connectivity index (χ0v) is 31.4. The smallest absolute Gasteiger partial charge is 0.235 e. The number of rotatable bonds is 11. The van der Waals surface area contributed by atoms with Gasteiger partial charge in [0.25, 0.3) is 0 Å². The SMILES string of the molecule is CCCCCCC1(C)N(C)c2cccc3c(C4=C([O-])/C(=c5/ccc6c7c(cccc57)N(C)C(C)(CCCCCC)[N+]=6C)C4=O)ccc(c23)N1C. The Hall–Kier alpha value is -4.32. The average Bonchev–Trinajstić information content (AvgIpc) is 3.12. The van der Waals surface area contributed by atoms with Gasteiger partial charge < -0.3 is 19.8 Å². The molecule has 0 radical (unpaired) electrons. The van der Waals surface area contributed by atoms with E-state index < -0.39 is 0 Å². The summed E-state index contributed by atoms with van der Waals surface area (Å²) in [6, 6.07) is 20.9. The molecule has 6 nitrogen and oxygen atoms in total. The Balaban J connectivity index is 1.34. The average molecular weight is 671 g/mol. The maximum atomic E-state index is 14.2. The number of carbonyl (C=O) groups excluding carboxylic acids is 1. The maximum absolute atomic E-state index is 14.2. The Labute approximate surface area is 298 Å². The van der Waals surface area contributed by atoms with Crippen molar-refractivity contribution in [3.63, 3.8) is 0 Å². The Morgan fingerprint density at radius 1 is 0.660 bits per heavy atom. The Morgan fingerprint density at radius 2 is 1.26 bits per heavy atom. The van der Waals surface area contributed by atoms with Crippen LogP contribution in [0, 0.1) is 0 Å². The van der Waals surface area contributed by atoms with Gasteiger partial charge in [-0.05, 0) is 72.0 Å². The molecule has 7 rings (SSSR count). The first-order chi connectivity index (χ1) is 24.0. The van der Waals surface area contributed by atoms with E-state index in [0.717, 1.165) is 67.6 Å². The lowest BCUT2D eigenvalue weighted by atomic mass is 9.79. The van der Waals surface area contributed by atoms with Crippen molar-refractivity contribution in [3.8, 4) is 0 Å². The van der Waals surface area contributed by atoms with E-state index in [9.17, 15) is 9.90 Å². The molecule has 0 saturated heterocycles. The van der Waals surface area contributed by atoms with Gasteiger partial charge in [-0.1, -0.05) is 88.5 Å². The van der Waals surface area contributed by atoms with E-state index in [1.165, 1.54) is 51.4 Å². The molecule has 1 aliphatic carbocycles. The predicted molar refractivity (Wildman–Crippen MR) is 209 cm³/mol. The molecular weight excluding hydrogens is 617 g/mol. The highest BCUT2D eigenvalue weighted by Crippen LogP contribution is 2.49. The Kier molecular flexibility index (Phi) is 8.73. The van der Waals surface area contributed by atoms with Gasteiger partial charge in [-0.25, -0.2) is 4.58 Å². The van der Waals surface area contributed by atoms with E-state index in [2.05, 4.69) is 124 Å². The van der Waals surface area contributed by atoms with E-state index in [4.69, 9.17) is 0 Å². The number of unbranched alkanes of at least 4 members (excludes halogenated alkanes) is 6. The van der Waals surface area contributed by atoms with Crippen molar-refractivity contribution in [2.24, 2.45) is 0 Å². The van der Waals surface area contributed by atoms with Crippen LogP contribution in [0.15, 0.2) is 66.4 Å². The normalized spacial score (nSPS) is 22.7. The van der Waals surface area contributed by atoms with Crippen LogP contribution in [0.5, 0.6) is 0 Å². The number of hydrogen-bond donors (Lipinski definition) is 0. The minimum absolute atomic E-state index is 0.159. The van der Waals surface area contributed by atoms with Gasteiger partial charge in [0.05, 0.1) is 11.1 Å². The van der Waals surface area contributed by atoms with Crippen molar-refractivity contribution in [1.29, 1.82) is 0 Å². The van der Waals surface area contributed by atoms with Crippen LogP contribution in [0.25, 0.3) is 32.7 Å². The topological polar surface area (TPSA) is 52.9 Å². The highest BCUT2D eigenvalue weighted by molar-refractivity contribution is 6.52. The van der Waals surface area contributed by atoms with Crippen molar-refractivity contribution < 1.29 is 9.90 Å². The second-order valence-corrected chi connectivity index (χ2v) is 15.4. The number of nitrogens with zero attached hydrogens (tertiary/aromatic N) is 4. The van der Waals surface area contributed by atoms with Gasteiger partial charge in [-0.15, -0.1) is 0 Å². The molecule has 2 unspecified atom stereocenters. The van der Waals surface area contributed by atoms with Crippen molar-refractivity contribution >= 4 is 55.5 Å². The molecule has 0 bridgehead atoms. The first-order valence-electron chi connectivity index (χ1n) is 18.9. The number of anilines is 3. The molecule has 0 saturated carbocycles. The minimum atomic E-state index is -0.171. The third kappa shape index (κ3) is 4.88. The van der Waals surface area contributed by atoms with Gasteiger partial charge in [0.15, 0.2) is 5.78 Å². The summed E-state index contributed by atoms with van der Waals surface area (Å²) in [7, 11) is 8.73. The van der Waals surface area contributed by atoms with Gasteiger partial charge >= 0.3 is 0 Å². The zero-order valence-electron chi connectivity index (χ0n) is 31.4. The predicted octanol–water partition coefficient (Wildman–Crippen LogP) is 7.33. The minimum Gasteiger partial charge on any atom is -0.871 e. The number of Topliss-reactive ketones (excluding diaryl/α,β-unsaturated/α-hetero) is 1. The van der Waals surface area contributed by atoms with Crippen LogP contribution in [0.1, 0.15) is 97.5 Å². The molecule has 4 aromatic carbocycles. The largest absolute Gasteiger partial charge is 0.871 e. The molecule has 3 aliphatic rings. The lowest BCUT2D eigenvalue weighted by Gasteiger charge is -2.52. The summed E-state index contributed by atoms with van der Waals surface area (Å²) in [5, 5.41) is 20.2. The summed E-state index contributed by atoms with van der Waals surface area (Å²) in [5.74, 6) is -0.319. The van der Waals surface area contributed by atoms with E-state index >= 15 is 0 Å². The van der Waals surface area contributed by atoms with Gasteiger partial charge in [-0.3, -0.25) is 4.79 Å². The zero-order chi connectivity index (χ0) is 35.5. The fourth-order valence-corrected chi connectivity index (χ4v) is 9.11. The molecule has 2 heterocycles. The van der Waals surface area contributed by atoms with Gasteiger partial charge in [0.1, 0.15) is 12.7 Å². The molecular formula is C44H54N4O2. The second kappa shape index (κ2) is 12.8. The van der Waals surface area contributed by atoms with Crippen molar-refractivity contribution in [2.75, 3.05) is 42.9 Å². The van der Waals surface area contributed by atoms with Crippen LogP contribution in [-0.4, -0.2) is 45.3 Å². The molecule has 50 heavy (non-hydrogen) atoms. The van der Waals surface area contributed by atoms with Gasteiger partial charge in [0.2, 0.25) is 11.0 Å². The quantitative estimate of drug-likeness (QED) is 0.124. The first kappa shape index (κ1) is 34.1. The summed E-state index contributed by atoms with van der Waals surface area (Å²) in [6.07, 6.45) is 11.9. The molecule has 2 aliphatic heterocycles. The lowest BCUT2D eigenvalue weighted by molar-refractivity contribution is -0.292.